The number of rotatable bonds is 38. The minimum atomic E-state index is 0.165. The maximum absolute atomic E-state index is 14.2. The van der Waals surface area contributed by atoms with Gasteiger partial charge in [-0.25, -0.2) is 4.79 Å². The maximum atomic E-state index is 14.2. The summed E-state index contributed by atoms with van der Waals surface area (Å²) in [6.45, 7) is 7.12. The van der Waals surface area contributed by atoms with Gasteiger partial charge in [-0.2, -0.15) is 0 Å². The van der Waals surface area contributed by atoms with Gasteiger partial charge in [-0.05, 0) is 70.1 Å². The largest absolute Gasteiger partial charge is 0.370 e. The zero-order valence-electron chi connectivity index (χ0n) is 35.5. The number of carbonyl (C=O) groups excluding carboxylic acids is 1. The van der Waals surface area contributed by atoms with Crippen molar-refractivity contribution in [3.63, 3.8) is 0 Å². The SMILES string of the molecule is NC(N)=NCCCCCCCCN(CCCCCCCCN=C(N)N)C(=O)N(CCCCCCCCN=C(N)N)CCCCCCCCNC(N)=NCC1CC1. The van der Waals surface area contributed by atoms with Crippen LogP contribution >= 0.6 is 0 Å². The normalized spacial score (nSPS) is 12.6. The van der Waals surface area contributed by atoms with Crippen molar-refractivity contribution in [2.75, 3.05) is 58.9 Å². The van der Waals surface area contributed by atoms with Crippen molar-refractivity contribution in [1.29, 1.82) is 0 Å². The van der Waals surface area contributed by atoms with Crippen molar-refractivity contribution in [2.24, 2.45) is 66.0 Å². The number of aliphatic imine (C=N–C) groups is 4. The van der Waals surface area contributed by atoms with Crippen LogP contribution in [-0.2, 0) is 0 Å². The van der Waals surface area contributed by atoms with E-state index in [0.29, 0.717) is 25.6 Å². The van der Waals surface area contributed by atoms with E-state index in [4.69, 9.17) is 40.1 Å². The van der Waals surface area contributed by atoms with E-state index in [1.807, 2.05) is 0 Å². The van der Waals surface area contributed by atoms with Gasteiger partial charge in [0, 0.05) is 58.9 Å². The fourth-order valence-electron chi connectivity index (χ4n) is 6.73. The standard InChI is InChI=1S/C41H86N14O/c42-37(43)49-27-17-9-1-5-13-21-31-54(32-22-14-6-2-10-18-28-50-38(44)45)41(56)55(33-23-15-7-3-11-19-29-51-39(46)47)34-24-16-8-4-12-20-30-52-40(48)53-35-36-25-26-36/h36H,1-35H2,(H4,42,43,49)(H4,44,45,50)(H4,46,47,51)(H3,48,52,53). The molecule has 15 heteroatoms. The van der Waals surface area contributed by atoms with Crippen LogP contribution in [0.2, 0.25) is 0 Å². The van der Waals surface area contributed by atoms with Crippen LogP contribution in [-0.4, -0.2) is 98.6 Å². The monoisotopic (exact) mass is 791 g/mol. The number of hydrogen-bond donors (Lipinski definition) is 8. The summed E-state index contributed by atoms with van der Waals surface area (Å²) in [5.41, 5.74) is 38.7. The summed E-state index contributed by atoms with van der Waals surface area (Å²) < 4.78 is 0. The lowest BCUT2D eigenvalue weighted by Gasteiger charge is -2.31. The summed E-state index contributed by atoms with van der Waals surface area (Å²) in [4.78, 5) is 35.3. The van der Waals surface area contributed by atoms with Gasteiger partial charge in [-0.15, -0.1) is 0 Å². The number of hydrogen-bond acceptors (Lipinski definition) is 5. The molecule has 0 aromatic rings. The van der Waals surface area contributed by atoms with Crippen LogP contribution in [0.5, 0.6) is 0 Å². The number of guanidine groups is 4. The summed E-state index contributed by atoms with van der Waals surface area (Å²) in [5.74, 6) is 1.84. The van der Waals surface area contributed by atoms with Gasteiger partial charge in [0.2, 0.25) is 0 Å². The molecule has 0 heterocycles. The number of amides is 2. The molecule has 15 nitrogen and oxygen atoms in total. The van der Waals surface area contributed by atoms with Crippen LogP contribution in [0.3, 0.4) is 0 Å². The topological polar surface area (TPSA) is 267 Å². The molecule has 0 aromatic carbocycles. The summed E-state index contributed by atoms with van der Waals surface area (Å²) in [7, 11) is 0. The Hall–Kier alpha value is -3.65. The first-order chi connectivity index (χ1) is 27.2. The van der Waals surface area contributed by atoms with E-state index < -0.39 is 0 Å². The molecule has 0 radical (unpaired) electrons. The molecule has 326 valence electrons. The highest BCUT2D eigenvalue weighted by Crippen LogP contribution is 2.28. The second-order valence-corrected chi connectivity index (χ2v) is 15.8. The lowest BCUT2D eigenvalue weighted by Crippen LogP contribution is -2.45. The summed E-state index contributed by atoms with van der Waals surface area (Å²) in [6, 6.07) is 0.226. The molecule has 0 aromatic heterocycles. The fraction of sp³-hybridized carbons (Fsp3) is 0.878. The van der Waals surface area contributed by atoms with Crippen LogP contribution in [0.4, 0.5) is 4.79 Å². The number of unbranched alkanes of at least 4 members (excludes halogenated alkanes) is 20. The molecule has 1 fully saturated rings. The van der Waals surface area contributed by atoms with Crippen LogP contribution in [0.25, 0.3) is 0 Å². The molecule has 0 aliphatic heterocycles. The Balaban J connectivity index is 2.62. The second-order valence-electron chi connectivity index (χ2n) is 15.8. The van der Waals surface area contributed by atoms with Crippen LogP contribution in [0.15, 0.2) is 20.0 Å². The minimum absolute atomic E-state index is 0.165. The van der Waals surface area contributed by atoms with Crippen molar-refractivity contribution in [3.8, 4) is 0 Å². The molecular formula is C41H86N14O. The first-order valence-electron chi connectivity index (χ1n) is 22.4. The number of carbonyl (C=O) groups is 1. The molecule has 0 bridgehead atoms. The molecule has 1 rings (SSSR count). The van der Waals surface area contributed by atoms with E-state index in [0.717, 1.165) is 174 Å². The zero-order valence-corrected chi connectivity index (χ0v) is 35.5. The highest BCUT2D eigenvalue weighted by atomic mass is 16.2. The Morgan fingerprint density at radius 1 is 0.429 bits per heavy atom. The van der Waals surface area contributed by atoms with Gasteiger partial charge < -0.3 is 55.3 Å². The molecule has 0 spiro atoms. The first kappa shape index (κ1) is 50.4. The van der Waals surface area contributed by atoms with E-state index in [-0.39, 0.29) is 23.9 Å². The van der Waals surface area contributed by atoms with Gasteiger partial charge in [0.05, 0.1) is 0 Å². The van der Waals surface area contributed by atoms with Crippen LogP contribution in [0.1, 0.15) is 167 Å². The van der Waals surface area contributed by atoms with Gasteiger partial charge in [0.15, 0.2) is 23.8 Å². The Kier molecular flexibility index (Phi) is 32.1. The lowest BCUT2D eigenvalue weighted by atomic mass is 10.1. The average Bonchev–Trinajstić information content (AvgIpc) is 4.00. The fourth-order valence-corrected chi connectivity index (χ4v) is 6.73. The van der Waals surface area contributed by atoms with Crippen LogP contribution < -0.4 is 45.5 Å². The number of nitrogens with one attached hydrogen (secondary N) is 1. The summed E-state index contributed by atoms with van der Waals surface area (Å²) in [5, 5.41) is 3.26. The Bertz CT molecular complexity index is 1030. The van der Waals surface area contributed by atoms with E-state index in [2.05, 4.69) is 35.1 Å². The average molecular weight is 791 g/mol. The van der Waals surface area contributed by atoms with E-state index >= 15 is 0 Å². The van der Waals surface area contributed by atoms with E-state index in [1.165, 1.54) is 38.5 Å². The summed E-state index contributed by atoms with van der Waals surface area (Å²) >= 11 is 0. The molecule has 1 aliphatic rings. The molecule has 1 aliphatic carbocycles. The van der Waals surface area contributed by atoms with Crippen molar-refractivity contribution in [1.82, 2.24) is 15.1 Å². The lowest BCUT2D eigenvalue weighted by molar-refractivity contribution is 0.148. The van der Waals surface area contributed by atoms with Crippen molar-refractivity contribution in [3.05, 3.63) is 0 Å². The second kappa shape index (κ2) is 35.7. The molecule has 0 atom stereocenters. The first-order valence-corrected chi connectivity index (χ1v) is 22.4. The van der Waals surface area contributed by atoms with Crippen molar-refractivity contribution >= 4 is 29.9 Å². The molecular weight excluding hydrogens is 705 g/mol. The molecule has 0 unspecified atom stereocenters. The molecule has 1 saturated carbocycles. The van der Waals surface area contributed by atoms with Crippen LogP contribution in [0, 0.1) is 5.92 Å². The molecule has 56 heavy (non-hydrogen) atoms. The van der Waals surface area contributed by atoms with Crippen molar-refractivity contribution < 1.29 is 4.79 Å². The van der Waals surface area contributed by atoms with Gasteiger partial charge >= 0.3 is 6.03 Å². The van der Waals surface area contributed by atoms with Gasteiger partial charge in [-0.1, -0.05) is 103 Å². The quantitative estimate of drug-likeness (QED) is 0.0231. The molecule has 2 amide bonds. The number of nitrogens with two attached hydrogens (primary N) is 7. The Morgan fingerprint density at radius 3 is 1.05 bits per heavy atom. The Morgan fingerprint density at radius 2 is 0.732 bits per heavy atom. The third-order valence-corrected chi connectivity index (χ3v) is 10.3. The molecule has 0 saturated heterocycles. The predicted molar refractivity (Wildman–Crippen MR) is 239 cm³/mol. The summed E-state index contributed by atoms with van der Waals surface area (Å²) in [6.07, 6.45) is 29.3. The predicted octanol–water partition coefficient (Wildman–Crippen LogP) is 5.21. The highest BCUT2D eigenvalue weighted by Gasteiger charge is 2.21. The van der Waals surface area contributed by atoms with Crippen molar-refractivity contribution in [2.45, 2.75) is 167 Å². The third-order valence-electron chi connectivity index (χ3n) is 10.3. The third kappa shape index (κ3) is 33.7. The van der Waals surface area contributed by atoms with Gasteiger partial charge in [0.25, 0.3) is 0 Å². The number of nitrogens with zero attached hydrogens (tertiary/aromatic N) is 6. The maximum Gasteiger partial charge on any atom is 0.319 e. The van der Waals surface area contributed by atoms with Gasteiger partial charge in [-0.3, -0.25) is 20.0 Å². The minimum Gasteiger partial charge on any atom is -0.370 e. The van der Waals surface area contributed by atoms with E-state index in [9.17, 15) is 4.79 Å². The van der Waals surface area contributed by atoms with E-state index in [1.54, 1.807) is 0 Å². The zero-order chi connectivity index (χ0) is 40.9. The Labute approximate surface area is 341 Å². The number of urea groups is 1. The van der Waals surface area contributed by atoms with Gasteiger partial charge in [0.1, 0.15) is 0 Å². The smallest absolute Gasteiger partial charge is 0.319 e. The molecule has 15 N–H and O–H groups in total. The highest BCUT2D eigenvalue weighted by molar-refractivity contribution is 5.78.